The van der Waals surface area contributed by atoms with Crippen molar-refractivity contribution in [1.29, 1.82) is 0 Å². The fourth-order valence-corrected chi connectivity index (χ4v) is 3.18. The molecule has 0 spiro atoms. The minimum atomic E-state index is -0.294. The van der Waals surface area contributed by atoms with E-state index in [0.717, 1.165) is 10.2 Å². The summed E-state index contributed by atoms with van der Waals surface area (Å²) in [5, 5.41) is 0.819. The van der Waals surface area contributed by atoms with Crippen LogP contribution in [0.15, 0.2) is 34.9 Å². The van der Waals surface area contributed by atoms with E-state index < -0.39 is 0 Å². The predicted molar refractivity (Wildman–Crippen MR) is 90.9 cm³/mol. The number of fused-ring (bicyclic) bond motifs is 1. The summed E-state index contributed by atoms with van der Waals surface area (Å²) < 4.78 is 2.76. The molecule has 3 nitrogen and oxygen atoms in total. The summed E-state index contributed by atoms with van der Waals surface area (Å²) in [6.45, 7) is 1.85. The second kappa shape index (κ2) is 5.76. The first-order chi connectivity index (χ1) is 9.97. The molecular weight excluding hydrogens is 396 g/mol. The third-order valence-corrected chi connectivity index (χ3v) is 4.19. The van der Waals surface area contributed by atoms with Gasteiger partial charge in [-0.1, -0.05) is 39.1 Å². The molecule has 2 heterocycles. The lowest BCUT2D eigenvalue weighted by Crippen LogP contribution is -2.03. The van der Waals surface area contributed by atoms with Crippen LogP contribution in [0.2, 0.25) is 10.0 Å². The number of aromatic nitrogens is 3. The molecule has 0 radical (unpaired) electrons. The van der Waals surface area contributed by atoms with Crippen molar-refractivity contribution < 1.29 is 0 Å². The van der Waals surface area contributed by atoms with E-state index in [1.54, 1.807) is 12.3 Å². The van der Waals surface area contributed by atoms with Crippen LogP contribution in [0.4, 0.5) is 0 Å². The van der Waals surface area contributed by atoms with Gasteiger partial charge in [-0.3, -0.25) is 4.57 Å². The summed E-state index contributed by atoms with van der Waals surface area (Å²) in [5.41, 5.74) is 2.13. The molecule has 0 saturated carbocycles. The number of alkyl halides is 1. The number of imidazole rings is 1. The molecule has 0 saturated heterocycles. The van der Waals surface area contributed by atoms with Gasteiger partial charge in [0.2, 0.25) is 0 Å². The summed E-state index contributed by atoms with van der Waals surface area (Å²) in [7, 11) is 0. The number of hydrogen-bond acceptors (Lipinski definition) is 2. The smallest absolute Gasteiger partial charge is 0.164 e. The van der Waals surface area contributed by atoms with Crippen molar-refractivity contribution in [2.24, 2.45) is 0 Å². The van der Waals surface area contributed by atoms with Crippen LogP contribution < -0.4 is 0 Å². The topological polar surface area (TPSA) is 30.7 Å². The maximum absolute atomic E-state index is 6.35. The molecule has 0 fully saturated rings. The quantitative estimate of drug-likeness (QED) is 0.505. The second-order valence-corrected chi connectivity index (χ2v) is 6.93. The molecule has 1 atom stereocenters. The van der Waals surface area contributed by atoms with Crippen LogP contribution in [0.1, 0.15) is 18.1 Å². The second-order valence-electron chi connectivity index (χ2n) is 4.51. The highest BCUT2D eigenvalue weighted by Crippen LogP contribution is 2.32. The molecule has 3 rings (SSSR count). The fourth-order valence-electron chi connectivity index (χ4n) is 2.12. The first kappa shape index (κ1) is 15.1. The van der Waals surface area contributed by atoms with E-state index in [1.807, 2.05) is 29.7 Å². The zero-order valence-corrected chi connectivity index (χ0v) is 14.7. The van der Waals surface area contributed by atoms with E-state index in [2.05, 4.69) is 25.9 Å². The van der Waals surface area contributed by atoms with Crippen molar-refractivity contribution in [3.63, 3.8) is 0 Å². The van der Waals surface area contributed by atoms with Gasteiger partial charge in [0.05, 0.1) is 21.1 Å². The molecule has 108 valence electrons. The Hall–Kier alpha value is -0.810. The largest absolute Gasteiger partial charge is 0.278 e. The maximum Gasteiger partial charge on any atom is 0.164 e. The number of pyridine rings is 1. The van der Waals surface area contributed by atoms with Crippen LogP contribution in [-0.2, 0) is 0 Å². The predicted octanol–water partition coefficient (Wildman–Crippen LogP) is 5.79. The van der Waals surface area contributed by atoms with Gasteiger partial charge in [0.15, 0.2) is 5.65 Å². The van der Waals surface area contributed by atoms with Crippen LogP contribution >= 0.6 is 50.7 Å². The van der Waals surface area contributed by atoms with Gasteiger partial charge in [0.1, 0.15) is 11.3 Å². The van der Waals surface area contributed by atoms with Crippen molar-refractivity contribution in [2.75, 3.05) is 0 Å². The first-order valence-electron chi connectivity index (χ1n) is 6.11. The highest BCUT2D eigenvalue weighted by molar-refractivity contribution is 9.10. The van der Waals surface area contributed by atoms with Gasteiger partial charge < -0.3 is 0 Å². The summed E-state index contributed by atoms with van der Waals surface area (Å²) in [6, 6.07) is 7.38. The van der Waals surface area contributed by atoms with E-state index in [0.29, 0.717) is 27.0 Å². The highest BCUT2D eigenvalue weighted by Gasteiger charge is 2.19. The average molecular weight is 406 g/mol. The number of benzene rings is 1. The Morgan fingerprint density at radius 2 is 2.00 bits per heavy atom. The number of halogens is 4. The lowest BCUT2D eigenvalue weighted by Gasteiger charge is -2.12. The van der Waals surface area contributed by atoms with Crippen molar-refractivity contribution >= 4 is 61.9 Å². The van der Waals surface area contributed by atoms with Crippen LogP contribution in [0, 0.1) is 0 Å². The molecule has 0 amide bonds. The van der Waals surface area contributed by atoms with E-state index in [9.17, 15) is 0 Å². The molecule has 1 unspecified atom stereocenters. The summed E-state index contributed by atoms with van der Waals surface area (Å²) in [5.74, 6) is 0.672. The molecule has 0 aliphatic rings. The molecule has 7 heteroatoms. The van der Waals surface area contributed by atoms with Crippen LogP contribution in [0.25, 0.3) is 16.9 Å². The van der Waals surface area contributed by atoms with Crippen molar-refractivity contribution in [3.05, 3.63) is 50.8 Å². The molecular formula is C14H9BrCl3N3. The molecule has 3 aromatic rings. The molecule has 0 aliphatic carbocycles. The minimum absolute atomic E-state index is 0.294. The monoisotopic (exact) mass is 403 g/mol. The zero-order chi connectivity index (χ0) is 15.1. The van der Waals surface area contributed by atoms with Crippen LogP contribution in [-0.4, -0.2) is 14.5 Å². The molecule has 2 aromatic heterocycles. The molecule has 0 aliphatic heterocycles. The fraction of sp³-hybridized carbons (Fsp3) is 0.143. The Labute approximate surface area is 145 Å². The number of rotatable bonds is 2. The van der Waals surface area contributed by atoms with E-state index in [-0.39, 0.29) is 5.38 Å². The Morgan fingerprint density at radius 1 is 1.24 bits per heavy atom. The van der Waals surface area contributed by atoms with Crippen molar-refractivity contribution in [3.8, 4) is 5.69 Å². The van der Waals surface area contributed by atoms with Crippen molar-refractivity contribution in [1.82, 2.24) is 14.5 Å². The van der Waals surface area contributed by atoms with Gasteiger partial charge in [-0.15, -0.1) is 11.6 Å². The highest BCUT2D eigenvalue weighted by atomic mass is 79.9. The van der Waals surface area contributed by atoms with E-state index >= 15 is 0 Å². The van der Waals surface area contributed by atoms with Crippen LogP contribution in [0.5, 0.6) is 0 Å². The van der Waals surface area contributed by atoms with E-state index in [4.69, 9.17) is 34.8 Å². The van der Waals surface area contributed by atoms with Gasteiger partial charge in [-0.2, -0.15) is 0 Å². The Balaban J connectivity index is 2.36. The Morgan fingerprint density at radius 3 is 2.67 bits per heavy atom. The van der Waals surface area contributed by atoms with Gasteiger partial charge in [0.25, 0.3) is 0 Å². The van der Waals surface area contributed by atoms with E-state index in [1.165, 1.54) is 0 Å². The van der Waals surface area contributed by atoms with Gasteiger partial charge in [-0.05, 0) is 31.2 Å². The van der Waals surface area contributed by atoms with Gasteiger partial charge in [0, 0.05) is 10.7 Å². The van der Waals surface area contributed by atoms with Crippen LogP contribution in [0.3, 0.4) is 0 Å². The minimum Gasteiger partial charge on any atom is -0.278 e. The standard InChI is InChI=1S/C14H9BrCl3N3/c1-7(16)13-20-11-5-9(17)6-19-14(11)21(13)12-3-2-8(15)4-10(12)18/h2-7H,1H3. The summed E-state index contributed by atoms with van der Waals surface area (Å²) in [4.78, 5) is 8.89. The molecule has 21 heavy (non-hydrogen) atoms. The zero-order valence-electron chi connectivity index (χ0n) is 10.8. The first-order valence-corrected chi connectivity index (χ1v) is 8.09. The van der Waals surface area contributed by atoms with Gasteiger partial charge >= 0.3 is 0 Å². The number of hydrogen-bond donors (Lipinski definition) is 0. The Kier molecular flexibility index (Phi) is 4.14. The normalized spacial score (nSPS) is 12.8. The molecule has 1 aromatic carbocycles. The Bertz CT molecular complexity index is 830. The lowest BCUT2D eigenvalue weighted by molar-refractivity contribution is 0.877. The third-order valence-electron chi connectivity index (χ3n) is 3.00. The van der Waals surface area contributed by atoms with Gasteiger partial charge in [-0.25, -0.2) is 9.97 Å². The average Bonchev–Trinajstić information content (AvgIpc) is 2.77. The third kappa shape index (κ3) is 2.78. The van der Waals surface area contributed by atoms with Crippen molar-refractivity contribution in [2.45, 2.75) is 12.3 Å². The lowest BCUT2D eigenvalue weighted by atomic mass is 10.3. The molecule has 0 N–H and O–H groups in total. The SMILES string of the molecule is CC(Cl)c1nc2cc(Cl)cnc2n1-c1ccc(Br)cc1Cl. The molecule has 0 bridgehead atoms. The number of nitrogens with zero attached hydrogens (tertiary/aromatic N) is 3. The summed E-state index contributed by atoms with van der Waals surface area (Å²) >= 11 is 22.0. The maximum atomic E-state index is 6.35. The summed E-state index contributed by atoms with van der Waals surface area (Å²) in [6.07, 6.45) is 1.58.